The lowest BCUT2D eigenvalue weighted by atomic mass is 11.0. The maximum atomic E-state index is 4.78. The minimum atomic E-state index is 0.692. The van der Waals surface area contributed by atoms with Crippen LogP contribution >= 0.6 is 24.2 Å². The molecule has 0 unspecified atom stereocenters. The van der Waals surface area contributed by atoms with Crippen molar-refractivity contribution in [3.05, 3.63) is 0 Å². The zero-order valence-electron chi connectivity index (χ0n) is 5.02. The van der Waals surface area contributed by atoms with Crippen molar-refractivity contribution in [1.82, 2.24) is 10.0 Å². The topological polar surface area (TPSA) is 24.1 Å². The maximum absolute atomic E-state index is 4.78. The summed E-state index contributed by atoms with van der Waals surface area (Å²) in [6.07, 6.45) is 0. The Morgan fingerprint density at radius 3 is 2.75 bits per heavy atom. The molecule has 0 rings (SSSR count). The Labute approximate surface area is 59.6 Å². The van der Waals surface area contributed by atoms with Crippen LogP contribution in [0, 0.1) is 0 Å². The molecule has 0 aliphatic rings. The molecule has 0 fully saturated rings. The highest BCUT2D eigenvalue weighted by atomic mass is 32.2. The Hall–Kier alpha value is 0.0400. The highest BCUT2D eigenvalue weighted by molar-refractivity contribution is 7.98. The Bertz CT molecular complexity index is 74.4. The highest BCUT2D eigenvalue weighted by Gasteiger charge is 1.84. The summed E-state index contributed by atoms with van der Waals surface area (Å²) in [6.45, 7) is 2.07. The molecular formula is C4H10N2S2. The molecule has 0 aromatic heterocycles. The number of hydrogen-bond acceptors (Lipinski definition) is 2. The third kappa shape index (κ3) is 4.21. The standard InChI is InChI=1S/C4H10N2S2/c1-3-8-6-4(7)5-2/h3H2,1-2H3,(H2,5,6,7). The smallest absolute Gasteiger partial charge is 0.176 e. The predicted octanol–water partition coefficient (Wildman–Crippen LogP) is 0.748. The molecule has 0 spiro atoms. The van der Waals surface area contributed by atoms with E-state index < -0.39 is 0 Å². The van der Waals surface area contributed by atoms with Gasteiger partial charge in [-0.3, -0.25) is 0 Å². The third-order valence-corrected chi connectivity index (χ3v) is 1.61. The van der Waals surface area contributed by atoms with Crippen molar-refractivity contribution in [3.8, 4) is 0 Å². The second kappa shape index (κ2) is 5.18. The third-order valence-electron chi connectivity index (χ3n) is 0.536. The van der Waals surface area contributed by atoms with Gasteiger partial charge in [-0.25, -0.2) is 0 Å². The Morgan fingerprint density at radius 1 is 1.75 bits per heavy atom. The Kier molecular flexibility index (Phi) is 5.21. The van der Waals surface area contributed by atoms with Crippen molar-refractivity contribution in [3.63, 3.8) is 0 Å². The molecule has 4 heteroatoms. The van der Waals surface area contributed by atoms with Crippen LogP contribution in [0.4, 0.5) is 0 Å². The zero-order valence-corrected chi connectivity index (χ0v) is 6.66. The highest BCUT2D eigenvalue weighted by Crippen LogP contribution is 1.88. The molecule has 0 atom stereocenters. The summed E-state index contributed by atoms with van der Waals surface area (Å²) < 4.78 is 2.92. The summed E-state index contributed by atoms with van der Waals surface area (Å²) in [5.41, 5.74) is 0. The van der Waals surface area contributed by atoms with E-state index in [0.717, 1.165) is 5.75 Å². The van der Waals surface area contributed by atoms with Gasteiger partial charge in [-0.1, -0.05) is 18.9 Å². The van der Waals surface area contributed by atoms with Gasteiger partial charge in [0.15, 0.2) is 5.11 Å². The Morgan fingerprint density at radius 2 is 2.38 bits per heavy atom. The first kappa shape index (κ1) is 8.04. The SMILES string of the molecule is CCSNC(=S)NC. The first-order valence-electron chi connectivity index (χ1n) is 2.40. The average Bonchev–Trinajstić information content (AvgIpc) is 1.83. The summed E-state index contributed by atoms with van der Waals surface area (Å²) >= 11 is 6.36. The number of hydrogen-bond donors (Lipinski definition) is 2. The number of thiocarbonyl (C=S) groups is 1. The molecule has 2 N–H and O–H groups in total. The van der Waals surface area contributed by atoms with E-state index in [-0.39, 0.29) is 0 Å². The van der Waals surface area contributed by atoms with E-state index in [1.807, 2.05) is 0 Å². The largest absolute Gasteiger partial charge is 0.365 e. The molecule has 2 nitrogen and oxygen atoms in total. The molecule has 0 radical (unpaired) electrons. The van der Waals surface area contributed by atoms with Crippen molar-refractivity contribution >= 4 is 29.3 Å². The quantitative estimate of drug-likeness (QED) is 0.448. The van der Waals surface area contributed by atoms with E-state index in [9.17, 15) is 0 Å². The van der Waals surface area contributed by atoms with Crippen LogP contribution in [0.5, 0.6) is 0 Å². The van der Waals surface area contributed by atoms with Crippen LogP contribution in [0.15, 0.2) is 0 Å². The zero-order chi connectivity index (χ0) is 6.41. The lowest BCUT2D eigenvalue weighted by Crippen LogP contribution is -2.27. The molecule has 0 aliphatic carbocycles. The van der Waals surface area contributed by atoms with Crippen LogP contribution in [0.25, 0.3) is 0 Å². The molecule has 0 heterocycles. The molecule has 0 saturated heterocycles. The monoisotopic (exact) mass is 150 g/mol. The van der Waals surface area contributed by atoms with Gasteiger partial charge in [0, 0.05) is 12.8 Å². The number of nitrogens with one attached hydrogen (secondary N) is 2. The van der Waals surface area contributed by atoms with Crippen molar-refractivity contribution in [2.45, 2.75) is 6.92 Å². The predicted molar refractivity (Wildman–Crippen MR) is 42.9 cm³/mol. The number of rotatable bonds is 2. The van der Waals surface area contributed by atoms with Crippen LogP contribution in [-0.4, -0.2) is 17.9 Å². The van der Waals surface area contributed by atoms with E-state index in [4.69, 9.17) is 12.2 Å². The van der Waals surface area contributed by atoms with Gasteiger partial charge in [0.25, 0.3) is 0 Å². The maximum Gasteiger partial charge on any atom is 0.176 e. The summed E-state index contributed by atoms with van der Waals surface area (Å²) in [7, 11) is 1.80. The van der Waals surface area contributed by atoms with Gasteiger partial charge in [0.05, 0.1) is 0 Å². The lowest BCUT2D eigenvalue weighted by Gasteiger charge is -2.01. The molecule has 0 saturated carbocycles. The van der Waals surface area contributed by atoms with Gasteiger partial charge in [0.2, 0.25) is 0 Å². The fourth-order valence-electron chi connectivity index (χ4n) is 0.189. The summed E-state index contributed by atoms with van der Waals surface area (Å²) in [4.78, 5) is 0. The molecule has 0 aromatic carbocycles. The van der Waals surface area contributed by atoms with Gasteiger partial charge in [-0.2, -0.15) is 0 Å². The van der Waals surface area contributed by atoms with Gasteiger partial charge in [0.1, 0.15) is 0 Å². The summed E-state index contributed by atoms with van der Waals surface area (Å²) in [5.74, 6) is 1.03. The minimum Gasteiger partial charge on any atom is -0.365 e. The van der Waals surface area contributed by atoms with Gasteiger partial charge in [-0.15, -0.1) is 0 Å². The first-order chi connectivity index (χ1) is 3.81. The van der Waals surface area contributed by atoms with Gasteiger partial charge in [-0.05, 0) is 12.2 Å². The second-order valence-corrected chi connectivity index (χ2v) is 2.59. The average molecular weight is 150 g/mol. The molecule has 0 bridgehead atoms. The van der Waals surface area contributed by atoms with E-state index >= 15 is 0 Å². The molecule has 0 amide bonds. The lowest BCUT2D eigenvalue weighted by molar-refractivity contribution is 1.16. The van der Waals surface area contributed by atoms with Gasteiger partial charge < -0.3 is 10.0 Å². The van der Waals surface area contributed by atoms with E-state index in [1.165, 1.54) is 0 Å². The van der Waals surface area contributed by atoms with Crippen molar-refractivity contribution in [2.75, 3.05) is 12.8 Å². The van der Waals surface area contributed by atoms with Crippen LogP contribution in [0.2, 0.25) is 0 Å². The van der Waals surface area contributed by atoms with Crippen LogP contribution in [-0.2, 0) is 0 Å². The summed E-state index contributed by atoms with van der Waals surface area (Å²) in [6, 6.07) is 0. The van der Waals surface area contributed by atoms with E-state index in [0.29, 0.717) is 5.11 Å². The second-order valence-electron chi connectivity index (χ2n) is 1.11. The molecule has 0 aromatic rings. The first-order valence-corrected chi connectivity index (χ1v) is 3.80. The van der Waals surface area contributed by atoms with Crippen molar-refractivity contribution in [2.24, 2.45) is 0 Å². The Balaban J connectivity index is 2.99. The fourth-order valence-corrected chi connectivity index (χ4v) is 0.743. The van der Waals surface area contributed by atoms with E-state index in [1.54, 1.807) is 19.0 Å². The van der Waals surface area contributed by atoms with E-state index in [2.05, 4.69) is 17.0 Å². The molecule has 8 heavy (non-hydrogen) atoms. The van der Waals surface area contributed by atoms with Crippen LogP contribution < -0.4 is 10.0 Å². The normalized spacial score (nSPS) is 8.25. The summed E-state index contributed by atoms with van der Waals surface area (Å²) in [5, 5.41) is 3.49. The molecule has 0 aliphatic heterocycles. The minimum absolute atomic E-state index is 0.692. The molecule has 48 valence electrons. The molecular weight excluding hydrogens is 140 g/mol. The van der Waals surface area contributed by atoms with Crippen LogP contribution in [0.3, 0.4) is 0 Å². The van der Waals surface area contributed by atoms with Crippen LogP contribution in [0.1, 0.15) is 6.92 Å². The van der Waals surface area contributed by atoms with Gasteiger partial charge >= 0.3 is 0 Å². The fraction of sp³-hybridized carbons (Fsp3) is 0.750. The van der Waals surface area contributed by atoms with Crippen molar-refractivity contribution < 1.29 is 0 Å². The van der Waals surface area contributed by atoms with Crippen molar-refractivity contribution in [1.29, 1.82) is 0 Å².